The van der Waals surface area contributed by atoms with E-state index in [9.17, 15) is 0 Å². The average Bonchev–Trinajstić information content (AvgIpc) is 1.86. The molecule has 0 amide bonds. The lowest BCUT2D eigenvalue weighted by Gasteiger charge is -2.37. The van der Waals surface area contributed by atoms with Crippen molar-refractivity contribution in [2.45, 2.75) is 43.6 Å². The smallest absolute Gasteiger partial charge is 0.132 e. The van der Waals surface area contributed by atoms with Crippen molar-refractivity contribution >= 4 is 18.3 Å². The second-order valence-corrected chi connectivity index (χ2v) is 4.33. The van der Waals surface area contributed by atoms with Crippen LogP contribution >= 0.6 is 11.6 Å². The zero-order chi connectivity index (χ0) is 6.97. The lowest BCUT2D eigenvalue weighted by Crippen LogP contribution is -2.40. The predicted octanol–water partition coefficient (Wildman–Crippen LogP) is 2.83. The van der Waals surface area contributed by atoms with Gasteiger partial charge in [0.15, 0.2) is 6.71 Å². The van der Waals surface area contributed by atoms with Crippen molar-refractivity contribution < 1.29 is 0 Å². The number of rotatable bonds is 0. The van der Waals surface area contributed by atoms with Gasteiger partial charge in [0.1, 0.15) is 0 Å². The molecule has 2 bridgehead atoms. The predicted molar refractivity (Wildman–Crippen MR) is 47.0 cm³/mol. The fraction of sp³-hybridized carbons (Fsp3) is 1.00. The minimum atomic E-state index is 0.544. The third-order valence-electron chi connectivity index (χ3n) is 3.20. The molecular weight excluding hydrogens is 142 g/mol. The maximum Gasteiger partial charge on any atom is 0.162 e. The van der Waals surface area contributed by atoms with Crippen LogP contribution in [0.25, 0.3) is 0 Å². The van der Waals surface area contributed by atoms with Crippen molar-refractivity contribution in [3.63, 3.8) is 0 Å². The van der Waals surface area contributed by atoms with Crippen LogP contribution in [0.1, 0.15) is 25.7 Å². The molecule has 10 heavy (non-hydrogen) atoms. The molecule has 0 radical (unpaired) electrons. The van der Waals surface area contributed by atoms with E-state index in [1.165, 1.54) is 38.3 Å². The molecular formula is C8H14BCl. The summed E-state index contributed by atoms with van der Waals surface area (Å²) in [6.07, 6.45) is 8.52. The summed E-state index contributed by atoms with van der Waals surface area (Å²) in [6.45, 7) is 0.883. The van der Waals surface area contributed by atoms with E-state index in [0.717, 1.165) is 12.6 Å². The third kappa shape index (κ3) is 1.09. The lowest BCUT2D eigenvalue weighted by atomic mass is 9.34. The quantitative estimate of drug-likeness (QED) is 0.374. The van der Waals surface area contributed by atoms with Crippen LogP contribution in [0.2, 0.25) is 12.6 Å². The monoisotopic (exact) mass is 156 g/mol. The van der Waals surface area contributed by atoms with E-state index in [4.69, 9.17) is 11.6 Å². The van der Waals surface area contributed by atoms with E-state index >= 15 is 0 Å². The zero-order valence-corrected chi connectivity index (χ0v) is 7.11. The van der Waals surface area contributed by atoms with Gasteiger partial charge in [0.05, 0.1) is 0 Å². The van der Waals surface area contributed by atoms with Crippen LogP contribution in [0.5, 0.6) is 0 Å². The van der Waals surface area contributed by atoms with Gasteiger partial charge in [-0.2, -0.15) is 0 Å². The van der Waals surface area contributed by atoms with Crippen LogP contribution in [-0.2, 0) is 0 Å². The Morgan fingerprint density at radius 1 is 1.10 bits per heavy atom. The molecule has 2 saturated heterocycles. The largest absolute Gasteiger partial charge is 0.162 e. The molecule has 1 unspecified atom stereocenters. The van der Waals surface area contributed by atoms with Crippen LogP contribution in [0.3, 0.4) is 0 Å². The number of hydrogen-bond acceptors (Lipinski definition) is 0. The number of alkyl halides is 1. The molecule has 56 valence electrons. The summed E-state index contributed by atoms with van der Waals surface area (Å²) in [6, 6.07) is 0. The molecule has 0 saturated carbocycles. The van der Waals surface area contributed by atoms with Gasteiger partial charge >= 0.3 is 0 Å². The molecule has 2 aliphatic heterocycles. The van der Waals surface area contributed by atoms with Crippen molar-refractivity contribution in [2.24, 2.45) is 5.92 Å². The van der Waals surface area contributed by atoms with Crippen LogP contribution in [0.4, 0.5) is 0 Å². The van der Waals surface area contributed by atoms with Gasteiger partial charge in [-0.05, 0) is 5.92 Å². The molecule has 0 aromatic heterocycles. The molecule has 0 aliphatic carbocycles. The van der Waals surface area contributed by atoms with Crippen molar-refractivity contribution in [1.29, 1.82) is 0 Å². The van der Waals surface area contributed by atoms with Gasteiger partial charge in [-0.3, -0.25) is 0 Å². The Labute approximate surface area is 68.4 Å². The van der Waals surface area contributed by atoms with Gasteiger partial charge in [-0.25, -0.2) is 0 Å². The molecule has 2 heterocycles. The summed E-state index contributed by atoms with van der Waals surface area (Å²) in [7, 11) is 0. The van der Waals surface area contributed by atoms with Gasteiger partial charge in [-0.15, -0.1) is 11.6 Å². The minimum absolute atomic E-state index is 0.544. The Morgan fingerprint density at radius 2 is 1.70 bits per heavy atom. The normalized spacial score (nSPS) is 39.9. The Balaban J connectivity index is 2.05. The first-order valence-corrected chi connectivity index (χ1v) is 4.95. The van der Waals surface area contributed by atoms with Crippen molar-refractivity contribution in [3.8, 4) is 0 Å². The van der Waals surface area contributed by atoms with Crippen LogP contribution in [0, 0.1) is 5.92 Å². The van der Waals surface area contributed by atoms with E-state index < -0.39 is 0 Å². The van der Waals surface area contributed by atoms with Gasteiger partial charge in [-0.1, -0.05) is 38.3 Å². The first-order valence-electron chi connectivity index (χ1n) is 4.52. The summed E-state index contributed by atoms with van der Waals surface area (Å²) in [5, 5.41) is 0.544. The van der Waals surface area contributed by atoms with E-state index in [1.54, 1.807) is 0 Å². The SMILES string of the molecule is ClC1B2CCCC1CCC2. The topological polar surface area (TPSA) is 0 Å². The van der Waals surface area contributed by atoms with Crippen LogP contribution in [0.15, 0.2) is 0 Å². The summed E-state index contributed by atoms with van der Waals surface area (Å²) < 4.78 is 0. The van der Waals surface area contributed by atoms with E-state index in [0.29, 0.717) is 5.28 Å². The minimum Gasteiger partial charge on any atom is -0.132 e. The molecule has 2 fully saturated rings. The second-order valence-electron chi connectivity index (χ2n) is 3.83. The first-order chi connectivity index (χ1) is 4.88. The standard InChI is InChI=1S/C8H14BCl/c10-8-7-3-1-5-9(8)6-2-4-7/h7-8H,1-6H2. The molecule has 0 aromatic carbocycles. The number of halogens is 1. The van der Waals surface area contributed by atoms with E-state index in [2.05, 4.69) is 0 Å². The summed E-state index contributed by atoms with van der Waals surface area (Å²) >= 11 is 6.28. The van der Waals surface area contributed by atoms with Crippen LogP contribution < -0.4 is 0 Å². The van der Waals surface area contributed by atoms with Gasteiger partial charge in [0, 0.05) is 5.28 Å². The highest BCUT2D eigenvalue weighted by Gasteiger charge is 2.36. The molecule has 2 aliphatic rings. The van der Waals surface area contributed by atoms with Crippen LogP contribution in [-0.4, -0.2) is 12.0 Å². The number of hydrogen-bond donors (Lipinski definition) is 0. The first kappa shape index (κ1) is 7.03. The maximum absolute atomic E-state index is 6.28. The highest BCUT2D eigenvalue weighted by Crippen LogP contribution is 2.38. The molecule has 0 nitrogen and oxygen atoms in total. The maximum atomic E-state index is 6.28. The van der Waals surface area contributed by atoms with Crippen molar-refractivity contribution in [1.82, 2.24) is 0 Å². The fourth-order valence-corrected chi connectivity index (χ4v) is 3.10. The van der Waals surface area contributed by atoms with E-state index in [-0.39, 0.29) is 0 Å². The molecule has 0 aromatic rings. The Morgan fingerprint density at radius 3 is 2.10 bits per heavy atom. The Kier molecular flexibility index (Phi) is 1.95. The Bertz CT molecular complexity index is 104. The highest BCUT2D eigenvalue weighted by molar-refractivity contribution is 6.70. The van der Waals surface area contributed by atoms with Gasteiger partial charge < -0.3 is 0 Å². The third-order valence-corrected chi connectivity index (χ3v) is 3.91. The lowest BCUT2D eigenvalue weighted by molar-refractivity contribution is 0.420. The van der Waals surface area contributed by atoms with E-state index in [1.807, 2.05) is 0 Å². The average molecular weight is 156 g/mol. The summed E-state index contributed by atoms with van der Waals surface area (Å²) in [5.41, 5.74) is 0. The fourth-order valence-electron chi connectivity index (χ4n) is 2.59. The molecule has 2 rings (SSSR count). The molecule has 0 spiro atoms. The molecule has 1 atom stereocenters. The molecule has 2 heteroatoms. The summed E-state index contributed by atoms with van der Waals surface area (Å²) in [4.78, 5) is 0. The highest BCUT2D eigenvalue weighted by atomic mass is 35.5. The summed E-state index contributed by atoms with van der Waals surface area (Å²) in [5.74, 6) is 0.883. The van der Waals surface area contributed by atoms with Crippen molar-refractivity contribution in [3.05, 3.63) is 0 Å². The molecule has 0 N–H and O–H groups in total. The Hall–Kier alpha value is 0.355. The number of fused-ring (bicyclic) bond motifs is 2. The van der Waals surface area contributed by atoms with Gasteiger partial charge in [0.25, 0.3) is 0 Å². The van der Waals surface area contributed by atoms with Crippen molar-refractivity contribution in [2.75, 3.05) is 0 Å². The zero-order valence-electron chi connectivity index (χ0n) is 6.35. The second kappa shape index (κ2) is 2.77. The van der Waals surface area contributed by atoms with Gasteiger partial charge in [0.2, 0.25) is 0 Å².